The first-order valence-electron chi connectivity index (χ1n) is 5.88. The van der Waals surface area contributed by atoms with Crippen molar-refractivity contribution in [3.05, 3.63) is 27.7 Å². The van der Waals surface area contributed by atoms with E-state index in [9.17, 15) is 5.11 Å². The molecule has 2 rings (SSSR count). The van der Waals surface area contributed by atoms with Gasteiger partial charge < -0.3 is 9.84 Å². The van der Waals surface area contributed by atoms with E-state index < -0.39 is 0 Å². The molecule has 0 radical (unpaired) electrons. The molecule has 3 heteroatoms. The van der Waals surface area contributed by atoms with E-state index in [2.05, 4.69) is 41.9 Å². The molecule has 1 heterocycles. The lowest BCUT2D eigenvalue weighted by atomic mass is 9.84. The third-order valence-electron chi connectivity index (χ3n) is 3.25. The van der Waals surface area contributed by atoms with Gasteiger partial charge in [0.05, 0.1) is 6.61 Å². The van der Waals surface area contributed by atoms with Crippen molar-refractivity contribution in [2.45, 2.75) is 45.1 Å². The highest BCUT2D eigenvalue weighted by Crippen LogP contribution is 2.44. The molecule has 1 N–H and O–H groups in total. The summed E-state index contributed by atoms with van der Waals surface area (Å²) in [6.45, 7) is 8.36. The first kappa shape index (κ1) is 12.9. The molecule has 0 unspecified atom stereocenters. The van der Waals surface area contributed by atoms with Crippen LogP contribution >= 0.6 is 15.9 Å². The Morgan fingerprint density at radius 2 is 2.06 bits per heavy atom. The molecule has 2 nitrogen and oxygen atoms in total. The zero-order valence-corrected chi connectivity index (χ0v) is 12.4. The second kappa shape index (κ2) is 3.99. The van der Waals surface area contributed by atoms with Crippen molar-refractivity contribution in [3.8, 4) is 5.75 Å². The third kappa shape index (κ3) is 2.36. The minimum atomic E-state index is -0.283. The van der Waals surface area contributed by atoms with Gasteiger partial charge in [-0.25, -0.2) is 0 Å². The van der Waals surface area contributed by atoms with Crippen LogP contribution in [0, 0.1) is 0 Å². The number of halogens is 1. The Balaban J connectivity index is 2.57. The number of aliphatic hydroxyl groups excluding tert-OH is 1. The first-order valence-corrected chi connectivity index (χ1v) is 6.67. The third-order valence-corrected chi connectivity index (χ3v) is 3.71. The summed E-state index contributed by atoms with van der Waals surface area (Å²) in [5.74, 6) is 0.956. The van der Waals surface area contributed by atoms with Crippen LogP contribution in [0.2, 0.25) is 0 Å². The van der Waals surface area contributed by atoms with Crippen LogP contribution < -0.4 is 4.74 Å². The van der Waals surface area contributed by atoms with E-state index in [1.54, 1.807) is 0 Å². The van der Waals surface area contributed by atoms with Crippen molar-refractivity contribution in [2.75, 3.05) is 6.61 Å². The number of hydrogen-bond donors (Lipinski definition) is 1. The number of hydrogen-bond acceptors (Lipinski definition) is 2. The van der Waals surface area contributed by atoms with Crippen LogP contribution in [0.3, 0.4) is 0 Å². The van der Waals surface area contributed by atoms with Crippen molar-refractivity contribution in [3.63, 3.8) is 0 Å². The van der Waals surface area contributed by atoms with E-state index in [4.69, 9.17) is 4.74 Å². The highest BCUT2D eigenvalue weighted by atomic mass is 79.9. The predicted octanol–water partition coefficient (Wildman–Crippen LogP) is 3.43. The molecule has 0 amide bonds. The van der Waals surface area contributed by atoms with Gasteiger partial charge in [0.25, 0.3) is 0 Å². The molecule has 1 aromatic carbocycles. The number of rotatable bonds is 2. The Morgan fingerprint density at radius 1 is 1.41 bits per heavy atom. The molecule has 0 atom stereocenters. The fourth-order valence-corrected chi connectivity index (χ4v) is 2.77. The van der Waals surface area contributed by atoms with E-state index in [1.807, 2.05) is 13.8 Å². The van der Waals surface area contributed by atoms with Crippen molar-refractivity contribution in [1.29, 1.82) is 0 Å². The van der Waals surface area contributed by atoms with Gasteiger partial charge in [-0.05, 0) is 31.5 Å². The largest absolute Gasteiger partial charge is 0.487 e. The molecule has 0 saturated carbocycles. The molecule has 1 aliphatic heterocycles. The molecule has 0 bridgehead atoms. The summed E-state index contributed by atoms with van der Waals surface area (Å²) in [7, 11) is 0. The summed E-state index contributed by atoms with van der Waals surface area (Å²) in [6.07, 6.45) is 0.913. The van der Waals surface area contributed by atoms with Crippen LogP contribution in [-0.4, -0.2) is 17.3 Å². The summed E-state index contributed by atoms with van der Waals surface area (Å²) in [4.78, 5) is 0. The molecule has 0 fully saturated rings. The van der Waals surface area contributed by atoms with Gasteiger partial charge in [-0.15, -0.1) is 0 Å². The van der Waals surface area contributed by atoms with E-state index >= 15 is 0 Å². The van der Waals surface area contributed by atoms with Crippen LogP contribution in [-0.2, 0) is 11.8 Å². The SMILES string of the molecule is CC1(C)Cc2cc(Br)cc(C(C)(C)CO)c2O1. The number of fused-ring (bicyclic) bond motifs is 1. The lowest BCUT2D eigenvalue weighted by Crippen LogP contribution is -2.27. The van der Waals surface area contributed by atoms with Gasteiger partial charge in [0, 0.05) is 21.9 Å². The van der Waals surface area contributed by atoms with E-state index in [0.29, 0.717) is 0 Å². The normalized spacial score (nSPS) is 17.8. The van der Waals surface area contributed by atoms with Gasteiger partial charge in [-0.1, -0.05) is 29.8 Å². The van der Waals surface area contributed by atoms with Gasteiger partial charge in [0.2, 0.25) is 0 Å². The van der Waals surface area contributed by atoms with E-state index in [-0.39, 0.29) is 17.6 Å². The van der Waals surface area contributed by atoms with Gasteiger partial charge in [-0.2, -0.15) is 0 Å². The summed E-state index contributed by atoms with van der Waals surface area (Å²) in [6, 6.07) is 4.16. The van der Waals surface area contributed by atoms with Crippen molar-refractivity contribution in [2.24, 2.45) is 0 Å². The Labute approximate surface area is 111 Å². The van der Waals surface area contributed by atoms with E-state index in [1.165, 1.54) is 5.56 Å². The maximum Gasteiger partial charge on any atom is 0.127 e. The molecule has 1 aromatic rings. The zero-order valence-electron chi connectivity index (χ0n) is 10.8. The van der Waals surface area contributed by atoms with Crippen LogP contribution in [0.5, 0.6) is 5.75 Å². The fourth-order valence-electron chi connectivity index (χ4n) is 2.26. The van der Waals surface area contributed by atoms with Crippen LogP contribution in [0.4, 0.5) is 0 Å². The number of ether oxygens (including phenoxy) is 1. The minimum absolute atomic E-state index is 0.111. The van der Waals surface area contributed by atoms with Crippen molar-refractivity contribution >= 4 is 15.9 Å². The highest BCUT2D eigenvalue weighted by Gasteiger charge is 2.35. The highest BCUT2D eigenvalue weighted by molar-refractivity contribution is 9.10. The smallest absolute Gasteiger partial charge is 0.127 e. The van der Waals surface area contributed by atoms with Gasteiger partial charge >= 0.3 is 0 Å². The van der Waals surface area contributed by atoms with Crippen LogP contribution in [0.1, 0.15) is 38.8 Å². The van der Waals surface area contributed by atoms with Crippen LogP contribution in [0.25, 0.3) is 0 Å². The van der Waals surface area contributed by atoms with E-state index in [0.717, 1.165) is 22.2 Å². The fraction of sp³-hybridized carbons (Fsp3) is 0.571. The van der Waals surface area contributed by atoms with Gasteiger partial charge in [0.1, 0.15) is 11.4 Å². The minimum Gasteiger partial charge on any atom is -0.487 e. The molecule has 0 aliphatic carbocycles. The molecular formula is C14H19BrO2. The second-order valence-electron chi connectivity index (χ2n) is 6.02. The summed E-state index contributed by atoms with van der Waals surface area (Å²) in [5.41, 5.74) is 1.87. The average Bonchev–Trinajstić information content (AvgIpc) is 2.50. The standard InChI is InChI=1S/C14H19BrO2/c1-13(2,8-16)11-6-10(15)5-9-7-14(3,4)17-12(9)11/h5-6,16H,7-8H2,1-4H3. The van der Waals surface area contributed by atoms with Gasteiger partial charge in [0.15, 0.2) is 0 Å². The summed E-state index contributed by atoms with van der Waals surface area (Å²) in [5, 5.41) is 9.53. The predicted molar refractivity (Wildman–Crippen MR) is 72.7 cm³/mol. The van der Waals surface area contributed by atoms with Crippen molar-refractivity contribution < 1.29 is 9.84 Å². The summed E-state index contributed by atoms with van der Waals surface area (Å²) < 4.78 is 7.09. The number of benzene rings is 1. The molecule has 17 heavy (non-hydrogen) atoms. The van der Waals surface area contributed by atoms with Crippen LogP contribution in [0.15, 0.2) is 16.6 Å². The Morgan fingerprint density at radius 3 is 2.65 bits per heavy atom. The Bertz CT molecular complexity index is 450. The Hall–Kier alpha value is -0.540. The molecule has 0 saturated heterocycles. The summed E-state index contributed by atoms with van der Waals surface area (Å²) >= 11 is 3.54. The molecule has 1 aliphatic rings. The lowest BCUT2D eigenvalue weighted by molar-refractivity contribution is 0.132. The quantitative estimate of drug-likeness (QED) is 0.906. The molecular weight excluding hydrogens is 280 g/mol. The maximum absolute atomic E-state index is 9.53. The van der Waals surface area contributed by atoms with Gasteiger partial charge in [-0.3, -0.25) is 0 Å². The number of aliphatic hydroxyl groups is 1. The monoisotopic (exact) mass is 298 g/mol. The second-order valence-corrected chi connectivity index (χ2v) is 6.94. The lowest BCUT2D eigenvalue weighted by Gasteiger charge is -2.26. The average molecular weight is 299 g/mol. The Kier molecular flexibility index (Phi) is 3.03. The molecule has 0 aromatic heterocycles. The molecule has 94 valence electrons. The van der Waals surface area contributed by atoms with Crippen molar-refractivity contribution in [1.82, 2.24) is 0 Å². The first-order chi connectivity index (χ1) is 7.75. The topological polar surface area (TPSA) is 29.5 Å². The molecule has 0 spiro atoms. The zero-order chi connectivity index (χ0) is 12.8. The maximum atomic E-state index is 9.53.